The second-order valence-corrected chi connectivity index (χ2v) is 8.99. The third kappa shape index (κ3) is 3.04. The predicted octanol–water partition coefficient (Wildman–Crippen LogP) is 1.05. The molecule has 34 heavy (non-hydrogen) atoms. The number of hydrogen-bond acceptors (Lipinski definition) is 7. The molecular formula is C25H27N3O6. The van der Waals surface area contributed by atoms with Gasteiger partial charge in [0.25, 0.3) is 0 Å². The van der Waals surface area contributed by atoms with Crippen LogP contribution in [0.2, 0.25) is 0 Å². The summed E-state index contributed by atoms with van der Waals surface area (Å²) in [5.74, 6) is -1.78. The van der Waals surface area contributed by atoms with Gasteiger partial charge in [-0.05, 0) is 37.1 Å². The van der Waals surface area contributed by atoms with E-state index in [0.717, 1.165) is 5.56 Å². The van der Waals surface area contributed by atoms with Gasteiger partial charge in [0.15, 0.2) is 11.5 Å². The lowest BCUT2D eigenvalue weighted by Crippen LogP contribution is -2.54. The van der Waals surface area contributed by atoms with Crippen LogP contribution in [0, 0.1) is 11.8 Å². The molecule has 3 heterocycles. The molecule has 3 N–H and O–H groups in total. The van der Waals surface area contributed by atoms with E-state index in [2.05, 4.69) is 10.6 Å². The topological polar surface area (TPSA) is 117 Å². The number of ether oxygens (including phenoxy) is 2. The summed E-state index contributed by atoms with van der Waals surface area (Å²) in [6.45, 7) is 1.72. The smallest absolute Gasteiger partial charge is 0.250 e. The maximum absolute atomic E-state index is 13.7. The van der Waals surface area contributed by atoms with Gasteiger partial charge >= 0.3 is 0 Å². The van der Waals surface area contributed by atoms with Crippen molar-refractivity contribution < 1.29 is 29.0 Å². The van der Waals surface area contributed by atoms with Gasteiger partial charge in [0, 0.05) is 23.8 Å². The molecule has 9 nitrogen and oxygen atoms in total. The zero-order valence-corrected chi connectivity index (χ0v) is 19.2. The maximum Gasteiger partial charge on any atom is 0.250 e. The molecule has 0 unspecified atom stereocenters. The second kappa shape index (κ2) is 8.11. The molecule has 0 aliphatic carbocycles. The lowest BCUT2D eigenvalue weighted by Gasteiger charge is -2.30. The molecule has 9 heteroatoms. The number of fused-ring (bicyclic) bond motifs is 4. The van der Waals surface area contributed by atoms with Crippen molar-refractivity contribution in [3.05, 3.63) is 53.6 Å². The van der Waals surface area contributed by atoms with E-state index in [-0.39, 0.29) is 18.4 Å². The number of nitrogens with one attached hydrogen (secondary N) is 2. The Labute approximate surface area is 197 Å². The van der Waals surface area contributed by atoms with Crippen molar-refractivity contribution in [2.24, 2.45) is 11.8 Å². The molecule has 2 aromatic rings. The molecular weight excluding hydrogens is 438 g/mol. The Morgan fingerprint density at radius 3 is 2.50 bits per heavy atom. The highest BCUT2D eigenvalue weighted by Crippen LogP contribution is 2.53. The maximum atomic E-state index is 13.7. The summed E-state index contributed by atoms with van der Waals surface area (Å²) in [6, 6.07) is 11.9. The van der Waals surface area contributed by atoms with Gasteiger partial charge in [-0.2, -0.15) is 0 Å². The number of benzene rings is 2. The molecule has 5 rings (SSSR count). The van der Waals surface area contributed by atoms with Crippen LogP contribution >= 0.6 is 0 Å². The normalized spacial score (nSPS) is 28.2. The first-order valence-corrected chi connectivity index (χ1v) is 11.3. The van der Waals surface area contributed by atoms with E-state index in [4.69, 9.17) is 9.47 Å². The van der Waals surface area contributed by atoms with Crippen molar-refractivity contribution in [3.8, 4) is 11.5 Å². The predicted molar refractivity (Wildman–Crippen MR) is 122 cm³/mol. The zero-order valence-electron chi connectivity index (χ0n) is 19.2. The SMILES string of the molecule is COc1ccc(CCN2C(=O)[C@@H]3[C@H]([C@H](C)O)N[C@@]4(C(=O)Nc5ccccc54)[C@@H]3C2=O)cc1OC. The fourth-order valence-electron chi connectivity index (χ4n) is 5.66. The molecule has 2 saturated heterocycles. The number of amides is 3. The van der Waals surface area contributed by atoms with E-state index in [1.807, 2.05) is 12.1 Å². The molecule has 2 aromatic carbocycles. The summed E-state index contributed by atoms with van der Waals surface area (Å²) >= 11 is 0. The van der Waals surface area contributed by atoms with E-state index < -0.39 is 35.4 Å². The van der Waals surface area contributed by atoms with Crippen LogP contribution < -0.4 is 20.1 Å². The molecule has 3 aliphatic heterocycles. The minimum absolute atomic E-state index is 0.159. The number of carbonyl (C=O) groups is 3. The quantitative estimate of drug-likeness (QED) is 0.546. The Morgan fingerprint density at radius 1 is 1.06 bits per heavy atom. The third-order valence-electron chi connectivity index (χ3n) is 7.24. The number of rotatable bonds is 6. The van der Waals surface area contributed by atoms with E-state index in [1.165, 1.54) is 4.90 Å². The first-order chi connectivity index (χ1) is 16.3. The zero-order chi connectivity index (χ0) is 24.2. The molecule has 3 aliphatic rings. The third-order valence-corrected chi connectivity index (χ3v) is 7.24. The molecule has 178 valence electrons. The minimum Gasteiger partial charge on any atom is -0.493 e. The molecule has 0 radical (unpaired) electrons. The molecule has 0 bridgehead atoms. The first-order valence-electron chi connectivity index (χ1n) is 11.3. The van der Waals surface area contributed by atoms with Gasteiger partial charge in [-0.15, -0.1) is 0 Å². The summed E-state index contributed by atoms with van der Waals surface area (Å²) in [4.78, 5) is 41.7. The van der Waals surface area contributed by atoms with Crippen LogP contribution in [-0.4, -0.2) is 60.6 Å². The van der Waals surface area contributed by atoms with Crippen molar-refractivity contribution >= 4 is 23.4 Å². The highest BCUT2D eigenvalue weighted by Gasteiger charge is 2.70. The monoisotopic (exact) mass is 465 g/mol. The van der Waals surface area contributed by atoms with Gasteiger partial charge in [0.05, 0.1) is 32.2 Å². The Hall–Kier alpha value is -3.43. The van der Waals surface area contributed by atoms with Crippen molar-refractivity contribution in [3.63, 3.8) is 0 Å². The van der Waals surface area contributed by atoms with E-state index in [9.17, 15) is 19.5 Å². The largest absolute Gasteiger partial charge is 0.493 e. The summed E-state index contributed by atoms with van der Waals surface area (Å²) in [5, 5.41) is 16.5. The van der Waals surface area contributed by atoms with Gasteiger partial charge in [-0.25, -0.2) is 0 Å². The van der Waals surface area contributed by atoms with Gasteiger partial charge < -0.3 is 19.9 Å². The van der Waals surface area contributed by atoms with Crippen molar-refractivity contribution in [2.75, 3.05) is 26.1 Å². The Balaban J connectivity index is 1.47. The number of methoxy groups -OCH3 is 2. The van der Waals surface area contributed by atoms with Gasteiger partial charge in [-0.3, -0.25) is 24.6 Å². The van der Waals surface area contributed by atoms with Crippen molar-refractivity contribution in [1.82, 2.24) is 10.2 Å². The van der Waals surface area contributed by atoms with Crippen LogP contribution in [0.15, 0.2) is 42.5 Å². The van der Waals surface area contributed by atoms with Crippen molar-refractivity contribution in [1.29, 1.82) is 0 Å². The van der Waals surface area contributed by atoms with Crippen LogP contribution in [0.25, 0.3) is 0 Å². The molecule has 0 aromatic heterocycles. The van der Waals surface area contributed by atoms with E-state index in [1.54, 1.807) is 51.5 Å². The highest BCUT2D eigenvalue weighted by molar-refractivity contribution is 6.15. The number of imide groups is 1. The second-order valence-electron chi connectivity index (χ2n) is 8.99. The molecule has 3 amide bonds. The highest BCUT2D eigenvalue weighted by atomic mass is 16.5. The van der Waals surface area contributed by atoms with Gasteiger partial charge in [0.1, 0.15) is 5.54 Å². The standard InChI is InChI=1S/C25H27N3O6/c1-13(29)21-19-20(25(27-21)15-6-4-5-7-16(15)26-24(25)32)23(31)28(22(19)30)11-10-14-8-9-17(33-2)18(12-14)34-3/h4-9,12-13,19-21,27,29H,10-11H2,1-3H3,(H,26,32)/t13-,19-,20-,21-,25+/m0/s1. The Bertz CT molecular complexity index is 1180. The van der Waals surface area contributed by atoms with E-state index >= 15 is 0 Å². The van der Waals surface area contributed by atoms with Crippen LogP contribution in [0.1, 0.15) is 18.1 Å². The number of aliphatic hydroxyl groups is 1. The van der Waals surface area contributed by atoms with Gasteiger partial charge in [0.2, 0.25) is 17.7 Å². The van der Waals surface area contributed by atoms with Crippen LogP contribution in [0.4, 0.5) is 5.69 Å². The molecule has 1 spiro atoms. The fraction of sp³-hybridized carbons (Fsp3) is 0.400. The Kier molecular flexibility index (Phi) is 5.33. The van der Waals surface area contributed by atoms with Crippen LogP contribution in [0.3, 0.4) is 0 Å². The minimum atomic E-state index is -1.40. The summed E-state index contributed by atoms with van der Waals surface area (Å²) in [7, 11) is 3.10. The van der Waals surface area contributed by atoms with Crippen LogP contribution in [-0.2, 0) is 26.3 Å². The number of nitrogens with zero attached hydrogens (tertiary/aromatic N) is 1. The lowest BCUT2D eigenvalue weighted by molar-refractivity contribution is -0.143. The summed E-state index contributed by atoms with van der Waals surface area (Å²) in [6.07, 6.45) is -0.519. The summed E-state index contributed by atoms with van der Waals surface area (Å²) < 4.78 is 10.6. The van der Waals surface area contributed by atoms with Crippen LogP contribution in [0.5, 0.6) is 11.5 Å². The average Bonchev–Trinajstić information content (AvgIpc) is 3.42. The number of carbonyl (C=O) groups excluding carboxylic acids is 3. The van der Waals surface area contributed by atoms with E-state index in [0.29, 0.717) is 29.2 Å². The molecule has 0 saturated carbocycles. The van der Waals surface area contributed by atoms with Crippen molar-refractivity contribution in [2.45, 2.75) is 31.0 Å². The molecule has 5 atom stereocenters. The Morgan fingerprint density at radius 2 is 1.79 bits per heavy atom. The molecule has 2 fully saturated rings. The number of hydrogen-bond donors (Lipinski definition) is 3. The number of aliphatic hydroxyl groups excluding tert-OH is 1. The van der Waals surface area contributed by atoms with Gasteiger partial charge in [-0.1, -0.05) is 24.3 Å². The number of para-hydroxylation sites is 1. The number of likely N-dealkylation sites (tertiary alicyclic amines) is 1. The fourth-order valence-corrected chi connectivity index (χ4v) is 5.66. The lowest BCUT2D eigenvalue weighted by atomic mass is 9.76. The average molecular weight is 466 g/mol. The number of anilines is 1. The first kappa shape index (κ1) is 22.4. The summed E-state index contributed by atoms with van der Waals surface area (Å²) in [5.41, 5.74) is 0.711.